The summed E-state index contributed by atoms with van der Waals surface area (Å²) in [6, 6.07) is 44.0. The first-order valence-corrected chi connectivity index (χ1v) is 15.1. The normalized spacial score (nSPS) is 13.2. The molecule has 9 rings (SSSR count). The molecule has 1 aliphatic rings. The van der Waals surface area contributed by atoms with Crippen LogP contribution in [-0.4, -0.2) is 4.57 Å². The molecule has 0 bridgehead atoms. The van der Waals surface area contributed by atoms with Crippen molar-refractivity contribution < 1.29 is 4.42 Å². The summed E-state index contributed by atoms with van der Waals surface area (Å²) in [5.74, 6) is 0. The van der Waals surface area contributed by atoms with E-state index < -0.39 is 0 Å². The zero-order valence-electron chi connectivity index (χ0n) is 24.7. The minimum absolute atomic E-state index is 0.127. The lowest BCUT2D eigenvalue weighted by Crippen LogP contribution is -2.14. The van der Waals surface area contributed by atoms with Gasteiger partial charge in [-0.2, -0.15) is 10.5 Å². The number of furan rings is 1. The molecule has 0 N–H and O–H groups in total. The molecule has 2 heterocycles. The Labute approximate surface area is 259 Å². The summed E-state index contributed by atoms with van der Waals surface area (Å²) < 4.78 is 9.19. The molecule has 1 aliphatic carbocycles. The molecule has 0 unspecified atom stereocenters. The fraction of sp³-hybridized carbons (Fsp3) is 0.0732. The summed E-state index contributed by atoms with van der Waals surface area (Å²) in [6.07, 6.45) is 0. The van der Waals surface area contributed by atoms with Gasteiger partial charge in [-0.25, -0.2) is 0 Å². The quantitative estimate of drug-likeness (QED) is 0.206. The van der Waals surface area contributed by atoms with Crippen LogP contribution in [0.2, 0.25) is 0 Å². The highest BCUT2D eigenvalue weighted by molar-refractivity contribution is 6.15. The van der Waals surface area contributed by atoms with E-state index in [0.29, 0.717) is 11.1 Å². The van der Waals surface area contributed by atoms with Gasteiger partial charge in [0.2, 0.25) is 0 Å². The Bertz CT molecular complexity index is 2650. The highest BCUT2D eigenvalue weighted by Gasteiger charge is 2.37. The van der Waals surface area contributed by atoms with Gasteiger partial charge in [-0.15, -0.1) is 0 Å². The van der Waals surface area contributed by atoms with Crippen molar-refractivity contribution in [2.45, 2.75) is 19.3 Å². The third-order valence-corrected chi connectivity index (χ3v) is 9.67. The first-order chi connectivity index (χ1) is 22.0. The van der Waals surface area contributed by atoms with Gasteiger partial charge >= 0.3 is 0 Å². The standard InChI is InChI=1S/C41H25N3O/c1-41(2)33-12-5-3-9-30(33)38-34(41)17-16-29-27-10-7-11-28(39(27)45-40(29)38)32-21-25(23-43)15-19-37(32)44-35-13-6-4-8-26(35)31-20-24(22-42)14-18-36(31)44/h3-21H,1-2H3. The van der Waals surface area contributed by atoms with Crippen molar-refractivity contribution in [1.29, 1.82) is 10.5 Å². The maximum absolute atomic E-state index is 10.00. The minimum atomic E-state index is -0.127. The average molecular weight is 576 g/mol. The first kappa shape index (κ1) is 25.4. The van der Waals surface area contributed by atoms with Crippen LogP contribution < -0.4 is 0 Å². The molecule has 0 radical (unpaired) electrons. The van der Waals surface area contributed by atoms with Crippen molar-refractivity contribution in [3.8, 4) is 40.1 Å². The van der Waals surface area contributed by atoms with Crippen LogP contribution in [0.4, 0.5) is 0 Å². The second-order valence-corrected chi connectivity index (χ2v) is 12.4. The van der Waals surface area contributed by atoms with Crippen LogP contribution in [0.1, 0.15) is 36.1 Å². The number of rotatable bonds is 2. The van der Waals surface area contributed by atoms with Crippen molar-refractivity contribution in [1.82, 2.24) is 4.57 Å². The number of nitriles is 2. The van der Waals surface area contributed by atoms with E-state index in [4.69, 9.17) is 4.42 Å². The van der Waals surface area contributed by atoms with E-state index in [0.717, 1.165) is 66.1 Å². The smallest absolute Gasteiger partial charge is 0.143 e. The van der Waals surface area contributed by atoms with Crippen LogP contribution in [0.5, 0.6) is 0 Å². The first-order valence-electron chi connectivity index (χ1n) is 15.1. The summed E-state index contributed by atoms with van der Waals surface area (Å²) in [5.41, 5.74) is 12.5. The maximum atomic E-state index is 10.00. The number of aromatic nitrogens is 1. The van der Waals surface area contributed by atoms with Gasteiger partial charge in [-0.3, -0.25) is 0 Å². The molecule has 0 atom stereocenters. The molecular weight excluding hydrogens is 550 g/mol. The summed E-state index contributed by atoms with van der Waals surface area (Å²) in [4.78, 5) is 0. The Kier molecular flexibility index (Phi) is 5.06. The van der Waals surface area contributed by atoms with E-state index in [1.807, 2.05) is 48.5 Å². The molecule has 0 spiro atoms. The van der Waals surface area contributed by atoms with Crippen molar-refractivity contribution in [3.63, 3.8) is 0 Å². The van der Waals surface area contributed by atoms with Crippen molar-refractivity contribution >= 4 is 43.7 Å². The van der Waals surface area contributed by atoms with Crippen molar-refractivity contribution in [3.05, 3.63) is 138 Å². The van der Waals surface area contributed by atoms with Gasteiger partial charge in [0.25, 0.3) is 0 Å². The number of para-hydroxylation sites is 2. The summed E-state index contributed by atoms with van der Waals surface area (Å²) in [7, 11) is 0. The molecule has 0 saturated carbocycles. The lowest BCUT2D eigenvalue weighted by atomic mass is 9.82. The van der Waals surface area contributed by atoms with Crippen molar-refractivity contribution in [2.24, 2.45) is 0 Å². The predicted molar refractivity (Wildman–Crippen MR) is 180 cm³/mol. The zero-order valence-corrected chi connectivity index (χ0v) is 24.7. The molecule has 4 heteroatoms. The average Bonchev–Trinajstić information content (AvgIpc) is 3.70. The van der Waals surface area contributed by atoms with E-state index in [-0.39, 0.29) is 5.41 Å². The van der Waals surface area contributed by atoms with E-state index in [9.17, 15) is 10.5 Å². The number of fused-ring (bicyclic) bond motifs is 10. The molecule has 6 aromatic carbocycles. The molecule has 0 aliphatic heterocycles. The predicted octanol–water partition coefficient (Wildman–Crippen LogP) is 10.4. The Morgan fingerprint density at radius 3 is 2.11 bits per heavy atom. The van der Waals surface area contributed by atoms with Gasteiger partial charge in [0.15, 0.2) is 0 Å². The largest absolute Gasteiger partial charge is 0.455 e. The lowest BCUT2D eigenvalue weighted by molar-refractivity contribution is 0.653. The van der Waals surface area contributed by atoms with Gasteiger partial charge in [-0.1, -0.05) is 86.6 Å². The number of hydrogen-bond acceptors (Lipinski definition) is 3. The molecule has 0 amide bonds. The molecule has 4 nitrogen and oxygen atoms in total. The molecule has 45 heavy (non-hydrogen) atoms. The SMILES string of the molecule is CC1(C)c2ccccc2-c2c1ccc1c2oc2c(-c3cc(C#N)ccc3-n3c4ccccc4c4cc(C#N)ccc43)cccc21. The van der Waals surface area contributed by atoms with Crippen LogP contribution in [0.25, 0.3) is 71.7 Å². The number of benzene rings is 6. The highest BCUT2D eigenvalue weighted by Crippen LogP contribution is 2.53. The van der Waals surface area contributed by atoms with Gasteiger partial charge in [-0.05, 0) is 59.2 Å². The Balaban J connectivity index is 1.37. The zero-order chi connectivity index (χ0) is 30.4. The Morgan fingerprint density at radius 2 is 1.24 bits per heavy atom. The Morgan fingerprint density at radius 1 is 0.556 bits per heavy atom. The molecule has 210 valence electrons. The maximum Gasteiger partial charge on any atom is 0.143 e. The Hall–Kier alpha value is -6.10. The second-order valence-electron chi connectivity index (χ2n) is 12.4. The van der Waals surface area contributed by atoms with Crippen LogP contribution in [0.15, 0.2) is 120 Å². The minimum Gasteiger partial charge on any atom is -0.455 e. The summed E-state index contributed by atoms with van der Waals surface area (Å²) >= 11 is 0. The number of hydrogen-bond donors (Lipinski definition) is 0. The van der Waals surface area contributed by atoms with Crippen LogP contribution in [-0.2, 0) is 5.41 Å². The van der Waals surface area contributed by atoms with E-state index >= 15 is 0 Å². The third kappa shape index (κ3) is 3.34. The van der Waals surface area contributed by atoms with E-state index in [1.165, 1.54) is 16.7 Å². The molecular formula is C41H25N3O. The van der Waals surface area contributed by atoms with E-state index in [1.54, 1.807) is 0 Å². The van der Waals surface area contributed by atoms with Gasteiger partial charge in [0.1, 0.15) is 11.2 Å². The van der Waals surface area contributed by atoms with Crippen LogP contribution in [0.3, 0.4) is 0 Å². The lowest BCUT2D eigenvalue weighted by Gasteiger charge is -2.21. The molecule has 2 aromatic heterocycles. The fourth-order valence-corrected chi connectivity index (χ4v) is 7.57. The topological polar surface area (TPSA) is 65.7 Å². The van der Waals surface area contributed by atoms with Crippen molar-refractivity contribution in [2.75, 3.05) is 0 Å². The number of nitrogens with zero attached hydrogens (tertiary/aromatic N) is 3. The van der Waals surface area contributed by atoms with Gasteiger partial charge in [0.05, 0.1) is 40.0 Å². The second kappa shape index (κ2) is 8.96. The van der Waals surface area contributed by atoms with Crippen LogP contribution >= 0.6 is 0 Å². The monoisotopic (exact) mass is 575 g/mol. The molecule has 0 saturated heterocycles. The van der Waals surface area contributed by atoms with Crippen LogP contribution in [0, 0.1) is 22.7 Å². The fourth-order valence-electron chi connectivity index (χ4n) is 7.57. The summed E-state index contributed by atoms with van der Waals surface area (Å²) in [6.45, 7) is 4.56. The van der Waals surface area contributed by atoms with Gasteiger partial charge in [0, 0.05) is 43.7 Å². The van der Waals surface area contributed by atoms with E-state index in [2.05, 4.69) is 97.3 Å². The molecule has 8 aromatic rings. The highest BCUT2D eigenvalue weighted by atomic mass is 16.3. The summed E-state index contributed by atoms with van der Waals surface area (Å²) in [5, 5.41) is 23.8. The van der Waals surface area contributed by atoms with Gasteiger partial charge < -0.3 is 8.98 Å². The molecule has 0 fully saturated rings. The third-order valence-electron chi connectivity index (χ3n) is 9.67.